The van der Waals surface area contributed by atoms with Crippen molar-refractivity contribution >= 4 is 23.3 Å². The average molecular weight is 407 g/mol. The first kappa shape index (κ1) is 19.8. The summed E-state index contributed by atoms with van der Waals surface area (Å²) < 4.78 is 32.4. The molecule has 9 heteroatoms. The minimum atomic E-state index is -0.858. The van der Waals surface area contributed by atoms with Gasteiger partial charge in [-0.05, 0) is 30.7 Å². The van der Waals surface area contributed by atoms with Gasteiger partial charge in [0.15, 0.2) is 0 Å². The maximum absolute atomic E-state index is 13.8. The lowest BCUT2D eigenvalue weighted by Crippen LogP contribution is -2.35. The molecule has 0 bridgehead atoms. The van der Waals surface area contributed by atoms with Crippen molar-refractivity contribution in [3.05, 3.63) is 65.0 Å². The number of nitrogens with zero attached hydrogens (tertiary/aromatic N) is 3. The van der Waals surface area contributed by atoms with Crippen LogP contribution in [-0.2, 0) is 6.54 Å². The highest BCUT2D eigenvalue weighted by Gasteiger charge is 2.19. The van der Waals surface area contributed by atoms with Crippen LogP contribution in [0.3, 0.4) is 0 Å². The molecule has 28 heavy (non-hydrogen) atoms. The van der Waals surface area contributed by atoms with Crippen molar-refractivity contribution in [1.82, 2.24) is 15.1 Å². The van der Waals surface area contributed by atoms with Crippen molar-refractivity contribution < 1.29 is 18.0 Å². The zero-order valence-corrected chi connectivity index (χ0v) is 15.7. The Morgan fingerprint density at radius 1 is 1.21 bits per heavy atom. The number of amides is 2. The number of aromatic nitrogens is 2. The first-order valence-electron chi connectivity index (χ1n) is 8.56. The molecule has 2 amide bonds. The third kappa shape index (κ3) is 4.64. The summed E-state index contributed by atoms with van der Waals surface area (Å²) in [6.07, 6.45) is 0.658. The van der Waals surface area contributed by atoms with Crippen molar-refractivity contribution in [2.75, 3.05) is 11.9 Å². The Balaban J connectivity index is 1.74. The fraction of sp³-hybridized carbons (Fsp3) is 0.211. The highest BCUT2D eigenvalue weighted by atomic mass is 35.5. The van der Waals surface area contributed by atoms with Crippen LogP contribution in [0.4, 0.5) is 19.3 Å². The predicted molar refractivity (Wildman–Crippen MR) is 101 cm³/mol. The Morgan fingerprint density at radius 2 is 2.00 bits per heavy atom. The SMILES string of the molecule is CCCN(Cc1nnc(-c2ccccc2Cl)o1)C(=O)Nc1ccc(F)cc1F. The Kier molecular flexibility index (Phi) is 6.20. The molecule has 0 saturated heterocycles. The van der Waals surface area contributed by atoms with Gasteiger partial charge in [0.05, 0.1) is 16.3 Å². The predicted octanol–water partition coefficient (Wildman–Crippen LogP) is 5.11. The number of rotatable bonds is 6. The fourth-order valence-electron chi connectivity index (χ4n) is 2.53. The number of benzene rings is 2. The standard InChI is InChI=1S/C19H17ClF2N4O2/c1-2-9-26(19(27)23-16-8-7-12(21)10-15(16)22)11-17-24-25-18(28-17)13-5-3-4-6-14(13)20/h3-8,10H,2,9,11H2,1H3,(H,23,27). The molecule has 0 fully saturated rings. The van der Waals surface area contributed by atoms with E-state index in [4.69, 9.17) is 16.0 Å². The minimum absolute atomic E-state index is 0.0277. The Hall–Kier alpha value is -3.00. The molecule has 0 aliphatic rings. The minimum Gasteiger partial charge on any atom is -0.419 e. The molecule has 0 aliphatic heterocycles. The van der Waals surface area contributed by atoms with Crippen LogP contribution in [0.2, 0.25) is 5.02 Å². The lowest BCUT2D eigenvalue weighted by Gasteiger charge is -2.21. The van der Waals surface area contributed by atoms with Crippen molar-refractivity contribution in [1.29, 1.82) is 0 Å². The maximum Gasteiger partial charge on any atom is 0.322 e. The van der Waals surface area contributed by atoms with Crippen LogP contribution >= 0.6 is 11.6 Å². The van der Waals surface area contributed by atoms with Crippen molar-refractivity contribution in [3.8, 4) is 11.5 Å². The molecule has 0 radical (unpaired) electrons. The highest BCUT2D eigenvalue weighted by Crippen LogP contribution is 2.26. The smallest absolute Gasteiger partial charge is 0.322 e. The molecule has 0 saturated carbocycles. The summed E-state index contributed by atoms with van der Waals surface area (Å²) in [5.74, 6) is -1.14. The summed E-state index contributed by atoms with van der Waals surface area (Å²) in [7, 11) is 0. The summed E-state index contributed by atoms with van der Waals surface area (Å²) in [5.41, 5.74) is 0.470. The molecular weight excluding hydrogens is 390 g/mol. The molecule has 0 spiro atoms. The highest BCUT2D eigenvalue weighted by molar-refractivity contribution is 6.33. The third-order valence-electron chi connectivity index (χ3n) is 3.85. The van der Waals surface area contributed by atoms with E-state index in [0.717, 1.165) is 12.1 Å². The second-order valence-electron chi connectivity index (χ2n) is 5.96. The van der Waals surface area contributed by atoms with E-state index < -0.39 is 17.7 Å². The van der Waals surface area contributed by atoms with Gasteiger partial charge in [0, 0.05) is 12.6 Å². The van der Waals surface area contributed by atoms with Crippen LogP contribution in [0.25, 0.3) is 11.5 Å². The van der Waals surface area contributed by atoms with E-state index in [9.17, 15) is 13.6 Å². The largest absolute Gasteiger partial charge is 0.419 e. The monoisotopic (exact) mass is 406 g/mol. The van der Waals surface area contributed by atoms with Crippen LogP contribution in [0.5, 0.6) is 0 Å². The van der Waals surface area contributed by atoms with Gasteiger partial charge in [-0.3, -0.25) is 0 Å². The summed E-state index contributed by atoms with van der Waals surface area (Å²) in [5, 5.41) is 10.8. The first-order valence-corrected chi connectivity index (χ1v) is 8.94. The summed E-state index contributed by atoms with van der Waals surface area (Å²) in [6, 6.07) is 9.39. The van der Waals surface area contributed by atoms with Crippen molar-refractivity contribution in [3.63, 3.8) is 0 Å². The molecule has 0 atom stereocenters. The quantitative estimate of drug-likeness (QED) is 0.617. The van der Waals surface area contributed by atoms with E-state index in [1.807, 2.05) is 6.92 Å². The zero-order chi connectivity index (χ0) is 20.1. The number of anilines is 1. The van der Waals surface area contributed by atoms with Crippen LogP contribution in [0.15, 0.2) is 46.9 Å². The van der Waals surface area contributed by atoms with Gasteiger partial charge in [0.25, 0.3) is 0 Å². The molecule has 0 aliphatic carbocycles. The molecule has 146 valence electrons. The van der Waals surface area contributed by atoms with E-state index >= 15 is 0 Å². The summed E-state index contributed by atoms with van der Waals surface area (Å²) >= 11 is 6.13. The number of urea groups is 1. The van der Waals surface area contributed by atoms with Crippen LogP contribution in [0, 0.1) is 11.6 Å². The molecular formula is C19H17ClF2N4O2. The lowest BCUT2D eigenvalue weighted by molar-refractivity contribution is 0.203. The van der Waals surface area contributed by atoms with E-state index in [-0.39, 0.29) is 24.0 Å². The van der Waals surface area contributed by atoms with Gasteiger partial charge in [0.1, 0.15) is 18.2 Å². The fourth-order valence-corrected chi connectivity index (χ4v) is 2.75. The number of halogens is 3. The Labute approximate surface area is 165 Å². The van der Waals surface area contributed by atoms with Crippen molar-refractivity contribution in [2.24, 2.45) is 0 Å². The van der Waals surface area contributed by atoms with Gasteiger partial charge in [-0.25, -0.2) is 13.6 Å². The first-order chi connectivity index (χ1) is 13.5. The average Bonchev–Trinajstić information content (AvgIpc) is 3.12. The van der Waals surface area contributed by atoms with Gasteiger partial charge < -0.3 is 14.6 Å². The van der Waals surface area contributed by atoms with Crippen LogP contribution in [-0.4, -0.2) is 27.7 Å². The topological polar surface area (TPSA) is 71.3 Å². The van der Waals surface area contributed by atoms with Crippen LogP contribution in [0.1, 0.15) is 19.2 Å². The van der Waals surface area contributed by atoms with Gasteiger partial charge in [-0.2, -0.15) is 0 Å². The van der Waals surface area contributed by atoms with E-state index in [1.165, 1.54) is 4.90 Å². The van der Waals surface area contributed by atoms with Gasteiger partial charge in [-0.1, -0.05) is 30.7 Å². The molecule has 6 nitrogen and oxygen atoms in total. The molecule has 1 N–H and O–H groups in total. The van der Waals surface area contributed by atoms with E-state index in [0.29, 0.717) is 29.6 Å². The van der Waals surface area contributed by atoms with Gasteiger partial charge >= 0.3 is 6.03 Å². The normalized spacial score (nSPS) is 10.7. The number of hydrogen-bond donors (Lipinski definition) is 1. The molecule has 1 heterocycles. The molecule has 2 aromatic carbocycles. The molecule has 3 rings (SSSR count). The van der Waals surface area contributed by atoms with Gasteiger partial charge in [-0.15, -0.1) is 10.2 Å². The molecule has 3 aromatic rings. The second kappa shape index (κ2) is 8.79. The zero-order valence-electron chi connectivity index (χ0n) is 15.0. The molecule has 0 unspecified atom stereocenters. The Morgan fingerprint density at radius 3 is 2.71 bits per heavy atom. The van der Waals surface area contributed by atoms with Crippen LogP contribution < -0.4 is 5.32 Å². The maximum atomic E-state index is 13.8. The van der Waals surface area contributed by atoms with E-state index in [1.54, 1.807) is 24.3 Å². The number of carbonyl (C=O) groups is 1. The summed E-state index contributed by atoms with van der Waals surface area (Å²) in [6.45, 7) is 2.29. The van der Waals surface area contributed by atoms with Gasteiger partial charge in [0.2, 0.25) is 11.8 Å². The summed E-state index contributed by atoms with van der Waals surface area (Å²) in [4.78, 5) is 13.9. The van der Waals surface area contributed by atoms with E-state index in [2.05, 4.69) is 15.5 Å². The third-order valence-corrected chi connectivity index (χ3v) is 4.18. The Bertz CT molecular complexity index is 980. The van der Waals surface area contributed by atoms with Crippen molar-refractivity contribution in [2.45, 2.75) is 19.9 Å². The number of nitrogens with one attached hydrogen (secondary N) is 1. The number of hydrogen-bond acceptors (Lipinski definition) is 4. The lowest BCUT2D eigenvalue weighted by atomic mass is 10.2. The second-order valence-corrected chi connectivity index (χ2v) is 6.36. The molecule has 1 aromatic heterocycles. The number of carbonyl (C=O) groups excluding carboxylic acids is 1.